The Balaban J connectivity index is 2.14. The van der Waals surface area contributed by atoms with Gasteiger partial charge < -0.3 is 5.11 Å². The second kappa shape index (κ2) is 6.55. The smallest absolute Gasteiger partial charge is 0.166 e. The van der Waals surface area contributed by atoms with E-state index in [2.05, 4.69) is 4.98 Å². The molecule has 0 unspecified atom stereocenters. The van der Waals surface area contributed by atoms with Gasteiger partial charge in [0.05, 0.1) is 5.57 Å². The third-order valence-corrected chi connectivity index (χ3v) is 4.43. The molecule has 0 saturated carbocycles. The zero-order chi connectivity index (χ0) is 16.4. The number of aryl methyl sites for hydroxylation is 1. The monoisotopic (exact) mass is 327 g/mol. The normalized spacial score (nSPS) is 15.1. The van der Waals surface area contributed by atoms with Crippen LogP contribution >= 0.6 is 11.6 Å². The van der Waals surface area contributed by atoms with Crippen molar-refractivity contribution >= 4 is 23.0 Å². The van der Waals surface area contributed by atoms with Crippen LogP contribution in [0.5, 0.6) is 0 Å². The highest BCUT2D eigenvalue weighted by Crippen LogP contribution is 2.33. The Bertz CT molecular complexity index is 778. The largest absolute Gasteiger partial charge is 0.512 e. The first-order chi connectivity index (χ1) is 11.1. The summed E-state index contributed by atoms with van der Waals surface area (Å²) < 4.78 is 0. The second-order valence-corrected chi connectivity index (χ2v) is 6.08. The molecule has 1 heterocycles. The Labute approximate surface area is 140 Å². The third kappa shape index (κ3) is 3.15. The van der Waals surface area contributed by atoms with Gasteiger partial charge in [0.1, 0.15) is 10.9 Å². The zero-order valence-electron chi connectivity index (χ0n) is 13.0. The summed E-state index contributed by atoms with van der Waals surface area (Å²) in [5.41, 5.74) is 4.27. The molecule has 118 valence electrons. The SMILES string of the molecule is CCc1ccc(-c2ccc(Cl)nc2)cc1C1=C(O)CCCC1=O. The number of pyridine rings is 1. The number of Topliss-reactive ketones (excluding diaryl/α,β-unsaturated/α-hetero) is 1. The molecule has 1 aromatic carbocycles. The topological polar surface area (TPSA) is 50.2 Å². The molecule has 0 aliphatic heterocycles. The number of carbonyl (C=O) groups excluding carboxylic acids is 1. The number of hydrogen-bond acceptors (Lipinski definition) is 3. The highest BCUT2D eigenvalue weighted by atomic mass is 35.5. The molecule has 1 aliphatic rings. The summed E-state index contributed by atoms with van der Waals surface area (Å²) in [6.07, 6.45) is 4.30. The lowest BCUT2D eigenvalue weighted by atomic mass is 9.86. The lowest BCUT2D eigenvalue weighted by Crippen LogP contribution is -2.12. The van der Waals surface area contributed by atoms with E-state index in [4.69, 9.17) is 11.6 Å². The van der Waals surface area contributed by atoms with Gasteiger partial charge >= 0.3 is 0 Å². The van der Waals surface area contributed by atoms with Gasteiger partial charge in [-0.05, 0) is 47.7 Å². The molecular weight excluding hydrogens is 310 g/mol. The minimum atomic E-state index is 0.0230. The number of allylic oxidation sites excluding steroid dienone is 2. The van der Waals surface area contributed by atoms with E-state index < -0.39 is 0 Å². The molecule has 1 aromatic heterocycles. The number of benzene rings is 1. The highest BCUT2D eigenvalue weighted by molar-refractivity contribution is 6.29. The molecule has 23 heavy (non-hydrogen) atoms. The van der Waals surface area contributed by atoms with Crippen molar-refractivity contribution in [1.82, 2.24) is 4.98 Å². The fourth-order valence-corrected chi connectivity index (χ4v) is 3.09. The summed E-state index contributed by atoms with van der Waals surface area (Å²) in [6.45, 7) is 2.05. The Morgan fingerprint density at radius 3 is 2.61 bits per heavy atom. The number of aliphatic hydroxyl groups is 1. The molecule has 0 fully saturated rings. The van der Waals surface area contributed by atoms with Crippen molar-refractivity contribution in [3.63, 3.8) is 0 Å². The molecule has 1 N–H and O–H groups in total. The second-order valence-electron chi connectivity index (χ2n) is 5.69. The van der Waals surface area contributed by atoms with Crippen LogP contribution in [0.2, 0.25) is 5.15 Å². The maximum absolute atomic E-state index is 12.3. The number of carbonyl (C=O) groups is 1. The van der Waals surface area contributed by atoms with Crippen LogP contribution in [-0.4, -0.2) is 15.9 Å². The maximum Gasteiger partial charge on any atom is 0.166 e. The number of ketones is 1. The van der Waals surface area contributed by atoms with Gasteiger partial charge in [-0.1, -0.05) is 30.7 Å². The summed E-state index contributed by atoms with van der Waals surface area (Å²) in [6, 6.07) is 9.64. The van der Waals surface area contributed by atoms with E-state index in [1.165, 1.54) is 0 Å². The van der Waals surface area contributed by atoms with E-state index in [1.807, 2.05) is 31.2 Å². The molecule has 0 atom stereocenters. The van der Waals surface area contributed by atoms with E-state index in [0.717, 1.165) is 35.1 Å². The lowest BCUT2D eigenvalue weighted by molar-refractivity contribution is -0.114. The van der Waals surface area contributed by atoms with Crippen LogP contribution in [0.15, 0.2) is 42.3 Å². The number of aromatic nitrogens is 1. The van der Waals surface area contributed by atoms with Crippen LogP contribution in [-0.2, 0) is 11.2 Å². The number of halogens is 1. The maximum atomic E-state index is 12.3. The van der Waals surface area contributed by atoms with Gasteiger partial charge in [0.2, 0.25) is 0 Å². The molecule has 4 heteroatoms. The molecule has 0 saturated heterocycles. The van der Waals surface area contributed by atoms with E-state index in [1.54, 1.807) is 12.3 Å². The zero-order valence-corrected chi connectivity index (χ0v) is 13.7. The summed E-state index contributed by atoms with van der Waals surface area (Å²) >= 11 is 5.84. The molecule has 3 nitrogen and oxygen atoms in total. The molecular formula is C19H18ClNO2. The van der Waals surface area contributed by atoms with Crippen molar-refractivity contribution in [2.75, 3.05) is 0 Å². The lowest BCUT2D eigenvalue weighted by Gasteiger charge is -2.18. The standard InChI is InChI=1S/C19H18ClNO2/c1-2-12-6-7-13(14-8-9-18(20)21-11-14)10-15(12)19-16(22)4-3-5-17(19)23/h6-11,22H,2-5H2,1H3. The van der Waals surface area contributed by atoms with Gasteiger partial charge in [0.25, 0.3) is 0 Å². The van der Waals surface area contributed by atoms with Gasteiger partial charge in [-0.15, -0.1) is 0 Å². The van der Waals surface area contributed by atoms with Crippen LogP contribution in [0.25, 0.3) is 16.7 Å². The predicted octanol–water partition coefficient (Wildman–Crippen LogP) is 4.99. The van der Waals surface area contributed by atoms with Gasteiger partial charge in [-0.25, -0.2) is 4.98 Å². The van der Waals surface area contributed by atoms with E-state index in [-0.39, 0.29) is 11.5 Å². The third-order valence-electron chi connectivity index (χ3n) is 4.21. The molecule has 3 rings (SSSR count). The first-order valence-electron chi connectivity index (χ1n) is 7.80. The Morgan fingerprint density at radius 1 is 1.17 bits per heavy atom. The predicted molar refractivity (Wildman–Crippen MR) is 92.5 cm³/mol. The van der Waals surface area contributed by atoms with Crippen LogP contribution in [0, 0.1) is 0 Å². The fourth-order valence-electron chi connectivity index (χ4n) is 2.98. The average Bonchev–Trinajstić information content (AvgIpc) is 2.55. The molecule has 0 spiro atoms. The van der Waals surface area contributed by atoms with Crippen molar-refractivity contribution in [2.45, 2.75) is 32.6 Å². The highest BCUT2D eigenvalue weighted by Gasteiger charge is 2.23. The minimum Gasteiger partial charge on any atom is -0.512 e. The number of hydrogen-bond donors (Lipinski definition) is 1. The van der Waals surface area contributed by atoms with E-state index in [0.29, 0.717) is 23.6 Å². The van der Waals surface area contributed by atoms with E-state index in [9.17, 15) is 9.90 Å². The first-order valence-corrected chi connectivity index (χ1v) is 8.18. The average molecular weight is 328 g/mol. The first kappa shape index (κ1) is 15.8. The van der Waals surface area contributed by atoms with Crippen molar-refractivity contribution in [2.24, 2.45) is 0 Å². The van der Waals surface area contributed by atoms with Gasteiger partial charge in [-0.2, -0.15) is 0 Å². The Kier molecular flexibility index (Phi) is 4.49. The number of aliphatic hydroxyl groups excluding tert-OH is 1. The number of rotatable bonds is 3. The summed E-state index contributed by atoms with van der Waals surface area (Å²) in [5, 5.41) is 10.7. The molecule has 0 radical (unpaired) electrons. The molecule has 2 aromatic rings. The van der Waals surface area contributed by atoms with Gasteiger partial charge in [-0.3, -0.25) is 4.79 Å². The quantitative estimate of drug-likeness (QED) is 0.808. The van der Waals surface area contributed by atoms with Gasteiger partial charge in [0.15, 0.2) is 5.78 Å². The number of nitrogens with zero attached hydrogens (tertiary/aromatic N) is 1. The van der Waals surface area contributed by atoms with Crippen molar-refractivity contribution < 1.29 is 9.90 Å². The minimum absolute atomic E-state index is 0.0230. The van der Waals surface area contributed by atoms with Crippen LogP contribution < -0.4 is 0 Å². The molecule has 0 bridgehead atoms. The Hall–Kier alpha value is -2.13. The van der Waals surface area contributed by atoms with Crippen molar-refractivity contribution in [3.05, 3.63) is 58.6 Å². The summed E-state index contributed by atoms with van der Waals surface area (Å²) in [5.74, 6) is 0.233. The van der Waals surface area contributed by atoms with Crippen LogP contribution in [0.3, 0.4) is 0 Å². The fraction of sp³-hybridized carbons (Fsp3) is 0.263. The van der Waals surface area contributed by atoms with Crippen LogP contribution in [0.1, 0.15) is 37.3 Å². The van der Waals surface area contributed by atoms with Crippen LogP contribution in [0.4, 0.5) is 0 Å². The van der Waals surface area contributed by atoms with Crippen molar-refractivity contribution in [3.8, 4) is 11.1 Å². The molecule has 1 aliphatic carbocycles. The van der Waals surface area contributed by atoms with Gasteiger partial charge in [0, 0.05) is 24.6 Å². The summed E-state index contributed by atoms with van der Waals surface area (Å²) in [7, 11) is 0. The summed E-state index contributed by atoms with van der Waals surface area (Å²) in [4.78, 5) is 16.4. The van der Waals surface area contributed by atoms with E-state index >= 15 is 0 Å². The van der Waals surface area contributed by atoms with Crippen molar-refractivity contribution in [1.29, 1.82) is 0 Å². The Morgan fingerprint density at radius 2 is 1.96 bits per heavy atom. The molecule has 0 amide bonds.